The van der Waals surface area contributed by atoms with E-state index >= 15 is 0 Å². The molecule has 38 heavy (non-hydrogen) atoms. The van der Waals surface area contributed by atoms with E-state index in [1.54, 1.807) is 0 Å². The lowest BCUT2D eigenvalue weighted by Gasteiger charge is -2.35. The Morgan fingerprint density at radius 1 is 0.658 bits per heavy atom. The standard InChI is InChI=1S/C34H42N2O2/c1-7-9-19-35-27-17-13-11-15-25(27)33(3,4)29(35)21-23-31(37)24(32(23)38)22-30-34(5,6)26-16-12-14-18-28(26)36(30)20-10-8-2/h11-18,21-24H,7-10,19-20H2,1-6H3/b29-21+,30-22+. The first-order valence-corrected chi connectivity index (χ1v) is 14.4. The van der Waals surface area contributed by atoms with E-state index < -0.39 is 11.8 Å². The van der Waals surface area contributed by atoms with Crippen LogP contribution in [-0.2, 0) is 20.4 Å². The van der Waals surface area contributed by atoms with Crippen molar-refractivity contribution in [2.75, 3.05) is 22.9 Å². The van der Waals surface area contributed by atoms with Crippen LogP contribution < -0.4 is 9.80 Å². The van der Waals surface area contributed by atoms with Crippen LogP contribution in [0.5, 0.6) is 0 Å². The minimum atomic E-state index is -0.666. The van der Waals surface area contributed by atoms with Crippen LogP contribution in [0.4, 0.5) is 11.4 Å². The van der Waals surface area contributed by atoms with Gasteiger partial charge in [0.05, 0.1) is 11.8 Å². The number of Topliss-reactive ketones (excluding diaryl/α,β-unsaturated/α-hetero) is 2. The number of allylic oxidation sites excluding steroid dienone is 4. The number of carbonyl (C=O) groups excluding carboxylic acids is 2. The zero-order chi connectivity index (χ0) is 27.2. The third-order valence-electron chi connectivity index (χ3n) is 8.94. The van der Waals surface area contributed by atoms with Crippen LogP contribution >= 0.6 is 0 Å². The Kier molecular flexibility index (Phi) is 6.87. The predicted octanol–water partition coefficient (Wildman–Crippen LogP) is 7.33. The van der Waals surface area contributed by atoms with Gasteiger partial charge in [0, 0.05) is 46.7 Å². The maximum absolute atomic E-state index is 13.6. The highest BCUT2D eigenvalue weighted by Crippen LogP contribution is 2.51. The fourth-order valence-electron chi connectivity index (χ4n) is 6.61. The number of fused-ring (bicyclic) bond motifs is 2. The van der Waals surface area contributed by atoms with Gasteiger partial charge < -0.3 is 9.80 Å². The minimum absolute atomic E-state index is 0.0272. The van der Waals surface area contributed by atoms with E-state index in [0.717, 1.165) is 50.2 Å². The fraction of sp³-hybridized carbons (Fsp3) is 0.471. The zero-order valence-electron chi connectivity index (χ0n) is 23.9. The van der Waals surface area contributed by atoms with E-state index in [-0.39, 0.29) is 22.4 Å². The van der Waals surface area contributed by atoms with E-state index in [0.29, 0.717) is 0 Å². The van der Waals surface area contributed by atoms with Gasteiger partial charge in [-0.15, -0.1) is 0 Å². The van der Waals surface area contributed by atoms with Crippen molar-refractivity contribution in [2.24, 2.45) is 11.8 Å². The number of benzene rings is 2. The summed E-state index contributed by atoms with van der Waals surface area (Å²) < 4.78 is 0. The quantitative estimate of drug-likeness (QED) is 0.349. The van der Waals surface area contributed by atoms with E-state index in [9.17, 15) is 9.59 Å². The maximum atomic E-state index is 13.6. The van der Waals surface area contributed by atoms with Gasteiger partial charge in [0.1, 0.15) is 0 Å². The summed E-state index contributed by atoms with van der Waals surface area (Å²) in [6.45, 7) is 15.0. The molecule has 0 unspecified atom stereocenters. The van der Waals surface area contributed by atoms with Gasteiger partial charge in [-0.25, -0.2) is 0 Å². The molecule has 2 heterocycles. The summed E-state index contributed by atoms with van der Waals surface area (Å²) in [4.78, 5) is 31.9. The first-order valence-electron chi connectivity index (χ1n) is 14.4. The van der Waals surface area contributed by atoms with Crippen molar-refractivity contribution in [3.63, 3.8) is 0 Å². The summed E-state index contributed by atoms with van der Waals surface area (Å²) in [5, 5.41) is 0. The lowest BCUT2D eigenvalue weighted by Crippen LogP contribution is -2.48. The van der Waals surface area contributed by atoms with Crippen LogP contribution in [0.25, 0.3) is 0 Å². The molecule has 2 aromatic carbocycles. The summed E-state index contributed by atoms with van der Waals surface area (Å²) in [6.07, 6.45) is 8.28. The van der Waals surface area contributed by atoms with Crippen molar-refractivity contribution in [3.05, 3.63) is 83.2 Å². The summed E-state index contributed by atoms with van der Waals surface area (Å²) >= 11 is 0. The molecule has 0 bridgehead atoms. The molecular formula is C34H42N2O2. The molecule has 0 spiro atoms. The number of carbonyl (C=O) groups is 2. The second-order valence-electron chi connectivity index (χ2n) is 12.2. The highest BCUT2D eigenvalue weighted by atomic mass is 16.2. The molecule has 0 saturated heterocycles. The van der Waals surface area contributed by atoms with Gasteiger partial charge in [-0.1, -0.05) is 90.8 Å². The largest absolute Gasteiger partial charge is 0.344 e. The van der Waals surface area contributed by atoms with Crippen LogP contribution in [0.2, 0.25) is 0 Å². The van der Waals surface area contributed by atoms with Gasteiger partial charge >= 0.3 is 0 Å². The van der Waals surface area contributed by atoms with Crippen molar-refractivity contribution in [2.45, 2.75) is 78.1 Å². The van der Waals surface area contributed by atoms with Crippen molar-refractivity contribution >= 4 is 22.9 Å². The third kappa shape index (κ3) is 4.04. The lowest BCUT2D eigenvalue weighted by atomic mass is 9.69. The number of para-hydroxylation sites is 2. The molecule has 3 aliphatic rings. The number of unbranched alkanes of at least 4 members (excludes halogenated alkanes) is 2. The number of nitrogens with zero attached hydrogens (tertiary/aromatic N) is 2. The van der Waals surface area contributed by atoms with Gasteiger partial charge in [0.25, 0.3) is 0 Å². The van der Waals surface area contributed by atoms with Gasteiger partial charge in [0.2, 0.25) is 0 Å². The van der Waals surface area contributed by atoms with Gasteiger partial charge in [-0.3, -0.25) is 9.59 Å². The molecule has 0 N–H and O–H groups in total. The molecule has 0 amide bonds. The van der Waals surface area contributed by atoms with Crippen molar-refractivity contribution in [1.29, 1.82) is 0 Å². The van der Waals surface area contributed by atoms with Crippen LogP contribution in [-0.4, -0.2) is 24.7 Å². The molecule has 1 aliphatic carbocycles. The normalized spacial score (nSPS) is 25.2. The summed E-state index contributed by atoms with van der Waals surface area (Å²) in [6, 6.07) is 17.0. The summed E-state index contributed by atoms with van der Waals surface area (Å²) in [5.74, 6) is -1.28. The molecule has 0 aromatic heterocycles. The van der Waals surface area contributed by atoms with Crippen LogP contribution in [0.3, 0.4) is 0 Å². The maximum Gasteiger partial charge on any atom is 0.161 e. The molecule has 4 heteroatoms. The lowest BCUT2D eigenvalue weighted by molar-refractivity contribution is -0.146. The number of ketones is 2. The van der Waals surface area contributed by atoms with Gasteiger partial charge in [0.15, 0.2) is 11.6 Å². The SMILES string of the molecule is CCCCN1/C(=C/C2C(=O)C(/C=C3/N(CCCC)c4ccccc4C3(C)C)C2=O)C(C)(C)c2ccccc21. The number of hydrogen-bond donors (Lipinski definition) is 0. The highest BCUT2D eigenvalue weighted by Gasteiger charge is 2.51. The Bertz CT molecular complexity index is 1200. The number of hydrogen-bond acceptors (Lipinski definition) is 4. The van der Waals surface area contributed by atoms with Gasteiger partial charge in [-0.2, -0.15) is 0 Å². The average Bonchev–Trinajstić information content (AvgIpc) is 3.26. The monoisotopic (exact) mass is 510 g/mol. The van der Waals surface area contributed by atoms with Crippen molar-refractivity contribution in [3.8, 4) is 0 Å². The number of rotatable bonds is 8. The Morgan fingerprint density at radius 3 is 1.39 bits per heavy atom. The van der Waals surface area contributed by atoms with Crippen LogP contribution in [0, 0.1) is 11.8 Å². The molecule has 5 rings (SSSR count). The highest BCUT2D eigenvalue weighted by molar-refractivity contribution is 6.26. The van der Waals surface area contributed by atoms with E-state index in [1.807, 2.05) is 12.2 Å². The van der Waals surface area contributed by atoms with Crippen molar-refractivity contribution in [1.82, 2.24) is 0 Å². The van der Waals surface area contributed by atoms with Crippen LogP contribution in [0.1, 0.15) is 78.4 Å². The van der Waals surface area contributed by atoms with E-state index in [1.165, 1.54) is 22.5 Å². The molecule has 200 valence electrons. The van der Waals surface area contributed by atoms with E-state index in [4.69, 9.17) is 0 Å². The Morgan fingerprint density at radius 2 is 1.03 bits per heavy atom. The predicted molar refractivity (Wildman–Crippen MR) is 157 cm³/mol. The second kappa shape index (κ2) is 9.87. The smallest absolute Gasteiger partial charge is 0.161 e. The minimum Gasteiger partial charge on any atom is -0.344 e. The van der Waals surface area contributed by atoms with E-state index in [2.05, 4.69) is 99.9 Å². The molecule has 1 saturated carbocycles. The number of anilines is 2. The molecule has 2 aromatic rings. The second-order valence-corrected chi connectivity index (χ2v) is 12.2. The topological polar surface area (TPSA) is 40.6 Å². The summed E-state index contributed by atoms with van der Waals surface area (Å²) in [5.41, 5.74) is 6.60. The summed E-state index contributed by atoms with van der Waals surface area (Å²) in [7, 11) is 0. The van der Waals surface area contributed by atoms with Gasteiger partial charge in [-0.05, 0) is 48.3 Å². The van der Waals surface area contributed by atoms with Crippen molar-refractivity contribution < 1.29 is 9.59 Å². The Labute approximate surface area is 228 Å². The molecule has 1 fully saturated rings. The van der Waals surface area contributed by atoms with Crippen LogP contribution in [0.15, 0.2) is 72.1 Å². The molecule has 2 aliphatic heterocycles. The third-order valence-corrected chi connectivity index (χ3v) is 8.94. The average molecular weight is 511 g/mol. The fourth-order valence-corrected chi connectivity index (χ4v) is 6.61. The first kappa shape index (κ1) is 26.5. The Hall–Kier alpha value is -3.14. The Balaban J connectivity index is 1.46. The zero-order valence-corrected chi connectivity index (χ0v) is 23.9. The molecule has 0 radical (unpaired) electrons. The molecular weight excluding hydrogens is 468 g/mol. The first-order chi connectivity index (χ1) is 18.1. The molecule has 0 atom stereocenters. The molecule has 4 nitrogen and oxygen atoms in total.